The Hall–Kier alpha value is -3.35. The molecule has 0 aliphatic carbocycles. The minimum Gasteiger partial charge on any atom is -0.359 e. The summed E-state index contributed by atoms with van der Waals surface area (Å²) in [6.45, 7) is 11.9. The molecule has 0 fully saturated rings. The number of nitrogens with one attached hydrogen (secondary N) is 1. The Kier molecular flexibility index (Phi) is 8.41. The minimum atomic E-state index is -4.36. The van der Waals surface area contributed by atoms with Gasteiger partial charge in [-0.25, -0.2) is 5.01 Å². The number of halogens is 3. The number of hydrogen-bond acceptors (Lipinski definition) is 3. The van der Waals surface area contributed by atoms with E-state index >= 15 is 0 Å². The quantitative estimate of drug-likeness (QED) is 0.357. The molecule has 7 heteroatoms. The fraction of sp³-hybridized carbons (Fsp3) is 0.280. The van der Waals surface area contributed by atoms with Gasteiger partial charge in [0.2, 0.25) is 5.91 Å². The first-order chi connectivity index (χ1) is 15.1. The lowest BCUT2D eigenvalue weighted by Crippen LogP contribution is -2.20. The van der Waals surface area contributed by atoms with Crippen LogP contribution in [-0.4, -0.2) is 23.7 Å². The number of carbonyl (C=O) groups is 1. The first-order valence-electron chi connectivity index (χ1n) is 10.3. The molecular formula is C25H28F3N3O. The van der Waals surface area contributed by atoms with E-state index in [1.165, 1.54) is 12.1 Å². The molecule has 0 aromatic heterocycles. The van der Waals surface area contributed by atoms with Crippen LogP contribution in [0.4, 0.5) is 13.2 Å². The molecule has 0 atom stereocenters. The van der Waals surface area contributed by atoms with Crippen molar-refractivity contribution in [3.63, 3.8) is 0 Å². The standard InChI is InChI=1S/C25H28F3N3O/c1-6-23(15-16-24(32)29-5)30-31(17(2)3)18(4)19-7-9-20(10-8-19)21-11-13-22(14-12-21)25(26,27)28/h7-14H,2,4,6,15-16H2,1,3,5H3,(H,29,32)/b30-23+. The third-order valence-corrected chi connectivity index (χ3v) is 4.95. The molecule has 1 amide bonds. The second-order valence-corrected chi connectivity index (χ2v) is 7.34. The predicted molar refractivity (Wildman–Crippen MR) is 124 cm³/mol. The molecule has 2 aromatic carbocycles. The summed E-state index contributed by atoms with van der Waals surface area (Å²) in [5.41, 5.74) is 3.74. The summed E-state index contributed by atoms with van der Waals surface area (Å²) in [4.78, 5) is 11.6. The van der Waals surface area contributed by atoms with E-state index in [1.807, 2.05) is 38.1 Å². The molecule has 0 unspecified atom stereocenters. The number of benzene rings is 2. The molecule has 0 bridgehead atoms. The molecule has 0 saturated carbocycles. The molecule has 0 aliphatic heterocycles. The van der Waals surface area contributed by atoms with E-state index in [0.717, 1.165) is 29.0 Å². The Bertz CT molecular complexity index is 991. The SMILES string of the molecule is C=C(C)N(/N=C(\CC)CCC(=O)NC)C(=C)c1ccc(-c2ccc(C(F)(F)F)cc2)cc1. The Morgan fingerprint density at radius 1 is 1.00 bits per heavy atom. The zero-order chi connectivity index (χ0) is 23.9. The van der Waals surface area contributed by atoms with Gasteiger partial charge in [0.1, 0.15) is 0 Å². The van der Waals surface area contributed by atoms with E-state index in [-0.39, 0.29) is 5.91 Å². The zero-order valence-corrected chi connectivity index (χ0v) is 18.6. The summed E-state index contributed by atoms with van der Waals surface area (Å²) in [5.74, 6) is -0.0503. The molecule has 0 spiro atoms. The second kappa shape index (κ2) is 10.8. The molecule has 0 saturated heterocycles. The fourth-order valence-electron chi connectivity index (χ4n) is 3.03. The lowest BCUT2D eigenvalue weighted by molar-refractivity contribution is -0.137. The van der Waals surface area contributed by atoms with Crippen LogP contribution in [0.5, 0.6) is 0 Å². The van der Waals surface area contributed by atoms with Gasteiger partial charge in [-0.1, -0.05) is 56.5 Å². The Balaban J connectivity index is 2.22. The summed E-state index contributed by atoms with van der Waals surface area (Å²) in [7, 11) is 1.60. The minimum absolute atomic E-state index is 0.0503. The van der Waals surface area contributed by atoms with E-state index in [1.54, 1.807) is 12.1 Å². The average molecular weight is 444 g/mol. The van der Waals surface area contributed by atoms with Gasteiger partial charge in [-0.15, -0.1) is 0 Å². The van der Waals surface area contributed by atoms with Gasteiger partial charge in [-0.05, 0) is 48.6 Å². The van der Waals surface area contributed by atoms with Gasteiger partial charge < -0.3 is 5.32 Å². The normalized spacial score (nSPS) is 11.8. The van der Waals surface area contributed by atoms with Crippen LogP contribution < -0.4 is 5.32 Å². The van der Waals surface area contributed by atoms with E-state index < -0.39 is 11.7 Å². The monoisotopic (exact) mass is 443 g/mol. The van der Waals surface area contributed by atoms with Gasteiger partial charge in [0.25, 0.3) is 0 Å². The number of nitrogens with zero attached hydrogens (tertiary/aromatic N) is 2. The molecule has 0 radical (unpaired) electrons. The van der Waals surface area contributed by atoms with E-state index in [9.17, 15) is 18.0 Å². The molecular weight excluding hydrogens is 415 g/mol. The van der Waals surface area contributed by atoms with Crippen molar-refractivity contribution < 1.29 is 18.0 Å². The Morgan fingerprint density at radius 3 is 1.97 bits per heavy atom. The smallest absolute Gasteiger partial charge is 0.359 e. The van der Waals surface area contributed by atoms with Crippen molar-refractivity contribution in [2.24, 2.45) is 5.10 Å². The zero-order valence-electron chi connectivity index (χ0n) is 18.6. The first-order valence-corrected chi connectivity index (χ1v) is 10.3. The summed E-state index contributed by atoms with van der Waals surface area (Å²) < 4.78 is 38.3. The molecule has 2 rings (SSSR count). The summed E-state index contributed by atoms with van der Waals surface area (Å²) in [5, 5.41) is 8.90. The van der Waals surface area contributed by atoms with E-state index in [4.69, 9.17) is 0 Å². The maximum absolute atomic E-state index is 12.8. The maximum Gasteiger partial charge on any atom is 0.416 e. The maximum atomic E-state index is 12.8. The topological polar surface area (TPSA) is 44.7 Å². The number of alkyl halides is 3. The molecule has 1 N–H and O–H groups in total. The number of hydrogen-bond donors (Lipinski definition) is 1. The van der Waals surface area contributed by atoms with Crippen molar-refractivity contribution in [3.8, 4) is 11.1 Å². The lowest BCUT2D eigenvalue weighted by atomic mass is 10.0. The van der Waals surface area contributed by atoms with Gasteiger partial charge in [-0.2, -0.15) is 18.3 Å². The second-order valence-electron chi connectivity index (χ2n) is 7.34. The predicted octanol–water partition coefficient (Wildman–Crippen LogP) is 6.47. The van der Waals surface area contributed by atoms with Crippen molar-refractivity contribution in [2.75, 3.05) is 7.05 Å². The van der Waals surface area contributed by atoms with Gasteiger partial charge in [0, 0.05) is 24.9 Å². The van der Waals surface area contributed by atoms with Gasteiger partial charge in [-0.3, -0.25) is 4.79 Å². The Labute approximate surface area is 187 Å². The average Bonchev–Trinajstić information content (AvgIpc) is 2.78. The van der Waals surface area contributed by atoms with Crippen LogP contribution in [0, 0.1) is 0 Å². The number of carbonyl (C=O) groups excluding carboxylic acids is 1. The number of rotatable bonds is 9. The van der Waals surface area contributed by atoms with Crippen LogP contribution >= 0.6 is 0 Å². The highest BCUT2D eigenvalue weighted by molar-refractivity contribution is 5.88. The van der Waals surface area contributed by atoms with Crippen molar-refractivity contribution >= 4 is 17.3 Å². The van der Waals surface area contributed by atoms with Gasteiger partial charge in [0.05, 0.1) is 11.3 Å². The van der Waals surface area contributed by atoms with Crippen LogP contribution in [0.25, 0.3) is 16.8 Å². The van der Waals surface area contributed by atoms with Crippen LogP contribution in [0.15, 0.2) is 72.5 Å². The Morgan fingerprint density at radius 2 is 1.53 bits per heavy atom. The van der Waals surface area contributed by atoms with Gasteiger partial charge in [0.15, 0.2) is 0 Å². The third-order valence-electron chi connectivity index (χ3n) is 4.95. The third kappa shape index (κ3) is 6.57. The van der Waals surface area contributed by atoms with Crippen molar-refractivity contribution in [1.29, 1.82) is 0 Å². The highest BCUT2D eigenvalue weighted by Gasteiger charge is 2.29. The lowest BCUT2D eigenvalue weighted by Gasteiger charge is -2.23. The first kappa shape index (κ1) is 24.9. The molecule has 4 nitrogen and oxygen atoms in total. The molecule has 170 valence electrons. The van der Waals surface area contributed by atoms with Crippen molar-refractivity contribution in [1.82, 2.24) is 10.3 Å². The van der Waals surface area contributed by atoms with Gasteiger partial charge >= 0.3 is 6.18 Å². The number of hydrazone groups is 1. The van der Waals surface area contributed by atoms with E-state index in [0.29, 0.717) is 36.2 Å². The number of amides is 1. The highest BCUT2D eigenvalue weighted by atomic mass is 19.4. The fourth-order valence-corrected chi connectivity index (χ4v) is 3.03. The highest BCUT2D eigenvalue weighted by Crippen LogP contribution is 2.31. The van der Waals surface area contributed by atoms with Crippen molar-refractivity contribution in [2.45, 2.75) is 39.3 Å². The van der Waals surface area contributed by atoms with Crippen molar-refractivity contribution in [3.05, 3.63) is 78.5 Å². The van der Waals surface area contributed by atoms with Crippen LogP contribution in [-0.2, 0) is 11.0 Å². The summed E-state index contributed by atoms with van der Waals surface area (Å²) in [6.07, 6.45) is -2.80. The molecule has 32 heavy (non-hydrogen) atoms. The van der Waals surface area contributed by atoms with Crippen LogP contribution in [0.3, 0.4) is 0 Å². The molecule has 2 aromatic rings. The van der Waals surface area contributed by atoms with Crippen LogP contribution in [0.2, 0.25) is 0 Å². The van der Waals surface area contributed by atoms with Crippen LogP contribution in [0.1, 0.15) is 44.2 Å². The summed E-state index contributed by atoms with van der Waals surface area (Å²) >= 11 is 0. The molecule has 0 heterocycles. The largest absolute Gasteiger partial charge is 0.416 e. The van der Waals surface area contributed by atoms with E-state index in [2.05, 4.69) is 23.6 Å². The summed E-state index contributed by atoms with van der Waals surface area (Å²) in [6, 6.07) is 12.4. The molecule has 0 aliphatic rings. The number of allylic oxidation sites excluding steroid dienone is 1.